The van der Waals surface area contributed by atoms with Crippen molar-refractivity contribution < 1.29 is 14.7 Å². The average Bonchev–Trinajstić information content (AvgIpc) is 2.66. The van der Waals surface area contributed by atoms with Crippen molar-refractivity contribution in [3.05, 3.63) is 28.3 Å². The van der Waals surface area contributed by atoms with Crippen LogP contribution in [-0.2, 0) is 9.59 Å². The monoisotopic (exact) mass is 267 g/mol. The molecule has 1 fully saturated rings. The van der Waals surface area contributed by atoms with Crippen molar-refractivity contribution >= 4 is 29.2 Å². The first-order valence-electron chi connectivity index (χ1n) is 5.70. The molecule has 0 aromatic heterocycles. The summed E-state index contributed by atoms with van der Waals surface area (Å²) >= 11 is 6.01. The molecule has 1 heterocycles. The highest BCUT2D eigenvalue weighted by Crippen LogP contribution is 2.31. The maximum atomic E-state index is 11.9. The fraction of sp³-hybridized carbons (Fsp3) is 0.385. The smallest absolute Gasteiger partial charge is 0.308 e. The Labute approximate surface area is 110 Å². The van der Waals surface area contributed by atoms with Crippen LogP contribution in [0.1, 0.15) is 17.5 Å². The number of benzene rings is 1. The van der Waals surface area contributed by atoms with Crippen molar-refractivity contribution in [2.45, 2.75) is 20.3 Å². The molecule has 1 unspecified atom stereocenters. The summed E-state index contributed by atoms with van der Waals surface area (Å²) in [5.74, 6) is -1.69. The van der Waals surface area contributed by atoms with Gasteiger partial charge >= 0.3 is 5.97 Å². The first kappa shape index (κ1) is 12.9. The van der Waals surface area contributed by atoms with E-state index in [1.807, 2.05) is 19.9 Å². The van der Waals surface area contributed by atoms with Gasteiger partial charge in [-0.15, -0.1) is 0 Å². The Balaban J connectivity index is 2.35. The number of carboxylic acids is 1. The minimum absolute atomic E-state index is 0.0659. The van der Waals surface area contributed by atoms with Gasteiger partial charge in [0.05, 0.1) is 5.92 Å². The number of halogens is 1. The number of hydrogen-bond acceptors (Lipinski definition) is 2. The number of rotatable bonds is 2. The lowest BCUT2D eigenvalue weighted by molar-refractivity contribution is -0.141. The summed E-state index contributed by atoms with van der Waals surface area (Å²) in [5, 5.41) is 9.61. The summed E-state index contributed by atoms with van der Waals surface area (Å²) in [6.45, 7) is 3.96. The molecule has 2 rings (SSSR count). The SMILES string of the molecule is Cc1cc(N2CC(C(=O)O)CC2=O)c(C)cc1Cl. The molecule has 4 nitrogen and oxygen atoms in total. The lowest BCUT2D eigenvalue weighted by Crippen LogP contribution is -2.26. The predicted molar refractivity (Wildman–Crippen MR) is 69.0 cm³/mol. The zero-order valence-corrected chi connectivity index (χ0v) is 11.0. The molecule has 1 saturated heterocycles. The molecular formula is C13H14ClNO3. The molecule has 5 heteroatoms. The zero-order valence-electron chi connectivity index (χ0n) is 10.2. The lowest BCUT2D eigenvalue weighted by atomic mass is 10.1. The van der Waals surface area contributed by atoms with Crippen molar-refractivity contribution in [1.82, 2.24) is 0 Å². The van der Waals surface area contributed by atoms with E-state index in [0.717, 1.165) is 16.8 Å². The molecule has 0 spiro atoms. The van der Waals surface area contributed by atoms with E-state index in [-0.39, 0.29) is 18.9 Å². The number of aliphatic carboxylic acids is 1. The molecule has 0 radical (unpaired) electrons. The molecule has 1 aliphatic heterocycles. The maximum Gasteiger partial charge on any atom is 0.308 e. The molecular weight excluding hydrogens is 254 g/mol. The van der Waals surface area contributed by atoms with Gasteiger partial charge in [-0.25, -0.2) is 0 Å². The molecule has 96 valence electrons. The van der Waals surface area contributed by atoms with Gasteiger partial charge in [0.2, 0.25) is 5.91 Å². The van der Waals surface area contributed by atoms with Crippen molar-refractivity contribution in [3.63, 3.8) is 0 Å². The number of nitrogens with zero attached hydrogens (tertiary/aromatic N) is 1. The molecule has 1 aliphatic rings. The summed E-state index contributed by atoms with van der Waals surface area (Å²) in [5.41, 5.74) is 2.51. The third kappa shape index (κ3) is 2.20. The molecule has 1 amide bonds. The van der Waals surface area contributed by atoms with Crippen molar-refractivity contribution in [1.29, 1.82) is 0 Å². The van der Waals surface area contributed by atoms with Crippen LogP contribution in [0.4, 0.5) is 5.69 Å². The standard InChI is InChI=1S/C13H14ClNO3/c1-7-4-11(8(2)3-10(7)14)15-6-9(13(17)18)5-12(15)16/h3-4,9H,5-6H2,1-2H3,(H,17,18). The number of carboxylic acid groups (broad SMARTS) is 1. The van der Waals surface area contributed by atoms with E-state index in [1.54, 1.807) is 6.07 Å². The molecule has 1 atom stereocenters. The fourth-order valence-electron chi connectivity index (χ4n) is 2.16. The number of amides is 1. The van der Waals surface area contributed by atoms with Gasteiger partial charge in [0.1, 0.15) is 0 Å². The number of hydrogen-bond donors (Lipinski definition) is 1. The van der Waals surface area contributed by atoms with E-state index in [2.05, 4.69) is 0 Å². The Morgan fingerprint density at radius 3 is 2.61 bits per heavy atom. The van der Waals surface area contributed by atoms with Gasteiger partial charge < -0.3 is 10.0 Å². The summed E-state index contributed by atoms with van der Waals surface area (Å²) in [6.07, 6.45) is 0.0659. The molecule has 18 heavy (non-hydrogen) atoms. The van der Waals surface area contributed by atoms with Crippen molar-refractivity contribution in [2.75, 3.05) is 11.4 Å². The highest BCUT2D eigenvalue weighted by molar-refractivity contribution is 6.31. The van der Waals surface area contributed by atoms with E-state index in [1.165, 1.54) is 4.90 Å². The number of anilines is 1. The number of carbonyl (C=O) groups is 2. The minimum atomic E-state index is -0.922. The van der Waals surface area contributed by atoms with Gasteiger partial charge in [0.15, 0.2) is 0 Å². The molecule has 1 N–H and O–H groups in total. The first-order valence-corrected chi connectivity index (χ1v) is 6.08. The molecule has 0 bridgehead atoms. The van der Waals surface area contributed by atoms with Gasteiger partial charge in [-0.2, -0.15) is 0 Å². The minimum Gasteiger partial charge on any atom is -0.481 e. The quantitative estimate of drug-likeness (QED) is 0.895. The summed E-state index contributed by atoms with van der Waals surface area (Å²) in [6, 6.07) is 3.63. The van der Waals surface area contributed by atoms with E-state index in [0.29, 0.717) is 5.02 Å². The number of carbonyl (C=O) groups excluding carboxylic acids is 1. The summed E-state index contributed by atoms with van der Waals surface area (Å²) in [7, 11) is 0. The van der Waals surface area contributed by atoms with Crippen LogP contribution in [0, 0.1) is 19.8 Å². The van der Waals surface area contributed by atoms with E-state index in [9.17, 15) is 9.59 Å². The Hall–Kier alpha value is -1.55. The first-order chi connectivity index (χ1) is 8.40. The largest absolute Gasteiger partial charge is 0.481 e. The van der Waals surface area contributed by atoms with E-state index in [4.69, 9.17) is 16.7 Å². The van der Waals surface area contributed by atoms with Crippen LogP contribution in [0.2, 0.25) is 5.02 Å². The third-order valence-electron chi connectivity index (χ3n) is 3.24. The van der Waals surface area contributed by atoms with Crippen LogP contribution >= 0.6 is 11.6 Å². The third-order valence-corrected chi connectivity index (χ3v) is 3.65. The van der Waals surface area contributed by atoms with Crippen LogP contribution in [0.15, 0.2) is 12.1 Å². The number of aryl methyl sites for hydroxylation is 2. The second-order valence-corrected chi connectivity index (χ2v) is 5.04. The van der Waals surface area contributed by atoms with Crippen LogP contribution in [-0.4, -0.2) is 23.5 Å². The van der Waals surface area contributed by atoms with Crippen LogP contribution in [0.5, 0.6) is 0 Å². The molecule has 1 aromatic rings. The van der Waals surface area contributed by atoms with Gasteiger partial charge in [-0.1, -0.05) is 11.6 Å². The summed E-state index contributed by atoms with van der Waals surface area (Å²) in [4.78, 5) is 24.3. The van der Waals surface area contributed by atoms with Gasteiger partial charge in [0.25, 0.3) is 0 Å². The van der Waals surface area contributed by atoms with E-state index >= 15 is 0 Å². The predicted octanol–water partition coefficient (Wildman–Crippen LogP) is 2.39. The lowest BCUT2D eigenvalue weighted by Gasteiger charge is -2.19. The zero-order chi connectivity index (χ0) is 13.4. The molecule has 1 aromatic carbocycles. The fourth-order valence-corrected chi connectivity index (χ4v) is 2.38. The van der Waals surface area contributed by atoms with Gasteiger partial charge in [-0.05, 0) is 37.1 Å². The second kappa shape index (κ2) is 4.61. The highest BCUT2D eigenvalue weighted by Gasteiger charge is 2.35. The van der Waals surface area contributed by atoms with Gasteiger partial charge in [0, 0.05) is 23.7 Å². The molecule has 0 saturated carbocycles. The summed E-state index contributed by atoms with van der Waals surface area (Å²) < 4.78 is 0. The Morgan fingerprint density at radius 2 is 2.06 bits per heavy atom. The Morgan fingerprint density at radius 1 is 1.39 bits per heavy atom. The Bertz CT molecular complexity index is 527. The van der Waals surface area contributed by atoms with Gasteiger partial charge in [-0.3, -0.25) is 9.59 Å². The Kier molecular flexibility index (Phi) is 3.30. The van der Waals surface area contributed by atoms with E-state index < -0.39 is 11.9 Å². The normalized spacial score (nSPS) is 19.4. The molecule has 0 aliphatic carbocycles. The van der Waals surface area contributed by atoms with Crippen LogP contribution < -0.4 is 4.90 Å². The topological polar surface area (TPSA) is 57.6 Å². The highest BCUT2D eigenvalue weighted by atomic mass is 35.5. The maximum absolute atomic E-state index is 11.9. The van der Waals surface area contributed by atoms with Crippen LogP contribution in [0.25, 0.3) is 0 Å². The van der Waals surface area contributed by atoms with Crippen LogP contribution in [0.3, 0.4) is 0 Å². The van der Waals surface area contributed by atoms with Crippen molar-refractivity contribution in [3.8, 4) is 0 Å². The second-order valence-electron chi connectivity index (χ2n) is 4.63. The van der Waals surface area contributed by atoms with Crippen molar-refractivity contribution in [2.24, 2.45) is 5.92 Å². The average molecular weight is 268 g/mol.